The van der Waals surface area contributed by atoms with E-state index in [4.69, 9.17) is 4.74 Å². The van der Waals surface area contributed by atoms with E-state index in [9.17, 15) is 9.18 Å². The van der Waals surface area contributed by atoms with Crippen molar-refractivity contribution in [2.24, 2.45) is 0 Å². The van der Waals surface area contributed by atoms with Gasteiger partial charge in [-0.2, -0.15) is 0 Å². The van der Waals surface area contributed by atoms with Gasteiger partial charge in [0, 0.05) is 11.3 Å². The zero-order valence-corrected chi connectivity index (χ0v) is 17.7. The highest BCUT2D eigenvalue weighted by Crippen LogP contribution is 2.24. The molecule has 5 rings (SSSR count). The van der Waals surface area contributed by atoms with Crippen LogP contribution >= 0.6 is 0 Å². The van der Waals surface area contributed by atoms with Crippen LogP contribution in [-0.2, 0) is 0 Å². The second kappa shape index (κ2) is 8.55. The molecule has 0 atom stereocenters. The van der Waals surface area contributed by atoms with Crippen molar-refractivity contribution in [2.75, 3.05) is 12.4 Å². The van der Waals surface area contributed by atoms with Crippen molar-refractivity contribution in [1.29, 1.82) is 0 Å². The molecule has 0 radical (unpaired) electrons. The Balaban J connectivity index is 1.52. The highest BCUT2D eigenvalue weighted by molar-refractivity contribution is 6.03. The minimum atomic E-state index is -0.444. The van der Waals surface area contributed by atoms with Gasteiger partial charge in [-0.1, -0.05) is 30.3 Å². The molecule has 1 aromatic heterocycles. The summed E-state index contributed by atoms with van der Waals surface area (Å²) in [4.78, 5) is 17.5. The van der Waals surface area contributed by atoms with Gasteiger partial charge in [0.15, 0.2) is 5.82 Å². The van der Waals surface area contributed by atoms with Gasteiger partial charge in [-0.25, -0.2) is 14.1 Å². The maximum Gasteiger partial charge on any atom is 0.295 e. The molecule has 1 N–H and O–H groups in total. The lowest BCUT2D eigenvalue weighted by Gasteiger charge is -2.07. The molecule has 33 heavy (non-hydrogen) atoms. The van der Waals surface area contributed by atoms with Crippen molar-refractivity contribution in [3.8, 4) is 22.8 Å². The lowest BCUT2D eigenvalue weighted by atomic mass is 10.1. The smallest absolute Gasteiger partial charge is 0.295 e. The molecule has 162 valence electrons. The van der Waals surface area contributed by atoms with Crippen LogP contribution in [0.15, 0.2) is 91.0 Å². The summed E-state index contributed by atoms with van der Waals surface area (Å²) < 4.78 is 20.3. The van der Waals surface area contributed by atoms with Crippen LogP contribution in [0.5, 0.6) is 5.75 Å². The first-order chi connectivity index (χ1) is 16.1. The molecule has 0 saturated heterocycles. The van der Waals surface area contributed by atoms with E-state index in [1.807, 2.05) is 54.6 Å². The van der Waals surface area contributed by atoms with Gasteiger partial charge in [0.25, 0.3) is 5.91 Å². The lowest BCUT2D eigenvalue weighted by molar-refractivity contribution is 0.101. The van der Waals surface area contributed by atoms with Crippen molar-refractivity contribution >= 4 is 22.4 Å². The van der Waals surface area contributed by atoms with E-state index in [0.717, 1.165) is 10.8 Å². The number of benzene rings is 4. The number of amides is 1. The third-order valence-corrected chi connectivity index (χ3v) is 5.24. The fraction of sp³-hybridized carbons (Fsp3) is 0.0385. The third-order valence-electron chi connectivity index (χ3n) is 5.24. The molecule has 0 spiro atoms. The van der Waals surface area contributed by atoms with Gasteiger partial charge in [-0.15, -0.1) is 5.10 Å². The van der Waals surface area contributed by atoms with Gasteiger partial charge in [0.2, 0.25) is 5.82 Å². The highest BCUT2D eigenvalue weighted by Gasteiger charge is 2.19. The second-order valence-electron chi connectivity index (χ2n) is 7.39. The molecule has 1 heterocycles. The molecule has 0 fully saturated rings. The largest absolute Gasteiger partial charge is 0.497 e. The Morgan fingerprint density at radius 3 is 2.36 bits per heavy atom. The van der Waals surface area contributed by atoms with Crippen LogP contribution in [0.3, 0.4) is 0 Å². The van der Waals surface area contributed by atoms with Crippen molar-refractivity contribution in [3.63, 3.8) is 0 Å². The number of hydrogen-bond acceptors (Lipinski definition) is 4. The Bertz CT molecular complexity index is 1440. The fourth-order valence-electron chi connectivity index (χ4n) is 3.55. The molecule has 7 heteroatoms. The molecule has 0 aliphatic heterocycles. The summed E-state index contributed by atoms with van der Waals surface area (Å²) in [6.45, 7) is 0. The molecular weight excluding hydrogens is 419 g/mol. The number of fused-ring (bicyclic) bond motifs is 1. The number of ether oxygens (including phenoxy) is 1. The number of rotatable bonds is 5. The first-order valence-corrected chi connectivity index (χ1v) is 10.3. The summed E-state index contributed by atoms with van der Waals surface area (Å²) in [5.74, 6) is 0.308. The Kier molecular flexibility index (Phi) is 5.28. The van der Waals surface area contributed by atoms with Crippen molar-refractivity contribution in [1.82, 2.24) is 14.8 Å². The maximum atomic E-state index is 13.5. The number of anilines is 1. The SMILES string of the molecule is COc1ccc(-n2nc(C(=O)Nc3ccc4ccccc4c3)nc2-c2ccc(F)cc2)cc1. The van der Waals surface area contributed by atoms with Gasteiger partial charge in [0.05, 0.1) is 12.8 Å². The molecule has 0 unspecified atom stereocenters. The molecule has 1 amide bonds. The molecule has 6 nitrogen and oxygen atoms in total. The topological polar surface area (TPSA) is 69.0 Å². The molecule has 4 aromatic carbocycles. The van der Waals surface area contributed by atoms with Gasteiger partial charge < -0.3 is 10.1 Å². The summed E-state index contributed by atoms with van der Waals surface area (Å²) in [7, 11) is 1.59. The average molecular weight is 438 g/mol. The third kappa shape index (κ3) is 4.16. The van der Waals surface area contributed by atoms with Gasteiger partial charge in [-0.05, 0) is 71.4 Å². The minimum absolute atomic E-state index is 0.00157. The van der Waals surface area contributed by atoms with Crippen LogP contribution in [-0.4, -0.2) is 27.8 Å². The van der Waals surface area contributed by atoms with Crippen LogP contribution in [0.4, 0.5) is 10.1 Å². The summed E-state index contributed by atoms with van der Waals surface area (Å²) in [6, 6.07) is 26.7. The number of hydrogen-bond donors (Lipinski definition) is 1. The summed E-state index contributed by atoms with van der Waals surface area (Å²) in [5.41, 5.74) is 1.96. The van der Waals surface area contributed by atoms with Crippen LogP contribution in [0, 0.1) is 5.82 Å². The summed E-state index contributed by atoms with van der Waals surface area (Å²) >= 11 is 0. The van der Waals surface area contributed by atoms with E-state index in [0.29, 0.717) is 28.5 Å². The van der Waals surface area contributed by atoms with Gasteiger partial charge in [0.1, 0.15) is 11.6 Å². The lowest BCUT2D eigenvalue weighted by Crippen LogP contribution is -2.14. The predicted octanol–water partition coefficient (Wildman–Crippen LogP) is 5.49. The van der Waals surface area contributed by atoms with Gasteiger partial charge in [-0.3, -0.25) is 4.79 Å². The Hall–Kier alpha value is -4.52. The quantitative estimate of drug-likeness (QED) is 0.394. The fourth-order valence-corrected chi connectivity index (χ4v) is 3.55. The van der Waals surface area contributed by atoms with Crippen molar-refractivity contribution < 1.29 is 13.9 Å². The first kappa shape index (κ1) is 20.4. The molecule has 0 aliphatic rings. The zero-order chi connectivity index (χ0) is 22.8. The Morgan fingerprint density at radius 1 is 0.909 bits per heavy atom. The molecular formula is C26H19FN4O2. The van der Waals surface area contributed by atoms with E-state index < -0.39 is 5.91 Å². The van der Waals surface area contributed by atoms with Crippen molar-refractivity contribution in [3.05, 3.63) is 103 Å². The van der Waals surface area contributed by atoms with Crippen LogP contribution in [0.1, 0.15) is 10.6 Å². The first-order valence-electron chi connectivity index (χ1n) is 10.3. The van der Waals surface area contributed by atoms with Gasteiger partial charge >= 0.3 is 0 Å². The van der Waals surface area contributed by atoms with Crippen LogP contribution in [0.25, 0.3) is 27.8 Å². The second-order valence-corrected chi connectivity index (χ2v) is 7.39. The standard InChI is InChI=1S/C26H19FN4O2/c1-33-23-14-12-22(13-15-23)31-25(18-6-9-20(27)10-7-18)29-24(30-31)26(32)28-21-11-8-17-4-2-3-5-19(17)16-21/h2-16H,1H3,(H,28,32). The molecule has 0 saturated carbocycles. The predicted molar refractivity (Wildman–Crippen MR) is 125 cm³/mol. The number of halogens is 1. The van der Waals surface area contributed by atoms with E-state index in [-0.39, 0.29) is 11.6 Å². The normalized spacial score (nSPS) is 10.8. The highest BCUT2D eigenvalue weighted by atomic mass is 19.1. The molecule has 0 bridgehead atoms. The van der Waals surface area contributed by atoms with Crippen LogP contribution < -0.4 is 10.1 Å². The summed E-state index contributed by atoms with van der Waals surface area (Å²) in [5, 5.41) is 9.41. The monoisotopic (exact) mass is 438 g/mol. The van der Waals surface area contributed by atoms with E-state index >= 15 is 0 Å². The minimum Gasteiger partial charge on any atom is -0.497 e. The number of methoxy groups -OCH3 is 1. The number of nitrogens with zero attached hydrogens (tertiary/aromatic N) is 3. The Labute approximate surface area is 189 Å². The maximum absolute atomic E-state index is 13.5. The van der Waals surface area contributed by atoms with E-state index in [1.54, 1.807) is 36.1 Å². The Morgan fingerprint density at radius 2 is 1.64 bits per heavy atom. The molecule has 5 aromatic rings. The van der Waals surface area contributed by atoms with E-state index in [2.05, 4.69) is 15.4 Å². The number of aromatic nitrogens is 3. The average Bonchev–Trinajstić information content (AvgIpc) is 3.30. The van der Waals surface area contributed by atoms with E-state index in [1.165, 1.54) is 12.1 Å². The number of carbonyl (C=O) groups excluding carboxylic acids is 1. The molecule has 0 aliphatic carbocycles. The zero-order valence-electron chi connectivity index (χ0n) is 17.7. The number of carbonyl (C=O) groups is 1. The summed E-state index contributed by atoms with van der Waals surface area (Å²) in [6.07, 6.45) is 0. The van der Waals surface area contributed by atoms with Crippen molar-refractivity contribution in [2.45, 2.75) is 0 Å². The number of nitrogens with one attached hydrogen (secondary N) is 1. The van der Waals surface area contributed by atoms with Crippen LogP contribution in [0.2, 0.25) is 0 Å².